The number of rotatable bonds is 3. The van der Waals surface area contributed by atoms with Crippen molar-refractivity contribution in [2.24, 2.45) is 0 Å². The summed E-state index contributed by atoms with van der Waals surface area (Å²) in [5.74, 6) is -0.257. The zero-order valence-corrected chi connectivity index (χ0v) is 13.2. The highest BCUT2D eigenvalue weighted by atomic mass is 32.2. The Hall–Kier alpha value is -1.44. The number of anilines is 1. The van der Waals surface area contributed by atoms with E-state index in [1.54, 1.807) is 11.3 Å². The average molecular weight is 324 g/mol. The SMILES string of the molecule is CS(=O)(=O)N1CCCC1C(=O)Nc1ccc2sccc2c1. The van der Waals surface area contributed by atoms with Crippen LogP contribution in [0.5, 0.6) is 0 Å². The number of amides is 1. The van der Waals surface area contributed by atoms with Crippen LogP contribution in [0.1, 0.15) is 12.8 Å². The Morgan fingerprint density at radius 2 is 2.19 bits per heavy atom. The van der Waals surface area contributed by atoms with Crippen LogP contribution in [0.15, 0.2) is 29.6 Å². The number of fused-ring (bicyclic) bond motifs is 1. The third kappa shape index (κ3) is 2.95. The summed E-state index contributed by atoms with van der Waals surface area (Å²) < 4.78 is 25.8. The van der Waals surface area contributed by atoms with Gasteiger partial charge in [-0.2, -0.15) is 4.31 Å². The summed E-state index contributed by atoms with van der Waals surface area (Å²) in [4.78, 5) is 12.3. The third-order valence-electron chi connectivity index (χ3n) is 3.65. The van der Waals surface area contributed by atoms with Crippen LogP contribution in [0.3, 0.4) is 0 Å². The molecule has 0 radical (unpaired) electrons. The molecule has 0 spiro atoms. The van der Waals surface area contributed by atoms with Crippen molar-refractivity contribution < 1.29 is 13.2 Å². The van der Waals surface area contributed by atoms with Crippen LogP contribution in [-0.2, 0) is 14.8 Å². The fraction of sp³-hybridized carbons (Fsp3) is 0.357. The molecule has 0 bridgehead atoms. The molecule has 1 aromatic heterocycles. The Morgan fingerprint density at radius 3 is 2.95 bits per heavy atom. The van der Waals surface area contributed by atoms with Crippen LogP contribution in [0.2, 0.25) is 0 Å². The maximum Gasteiger partial charge on any atom is 0.242 e. The number of nitrogens with zero attached hydrogens (tertiary/aromatic N) is 1. The van der Waals surface area contributed by atoms with Gasteiger partial charge in [-0.3, -0.25) is 4.79 Å². The smallest absolute Gasteiger partial charge is 0.242 e. The molecule has 2 heterocycles. The minimum Gasteiger partial charge on any atom is -0.325 e. The lowest BCUT2D eigenvalue weighted by atomic mass is 10.2. The lowest BCUT2D eigenvalue weighted by Crippen LogP contribution is -2.42. The van der Waals surface area contributed by atoms with E-state index in [1.807, 2.05) is 29.6 Å². The molecule has 112 valence electrons. The molecule has 5 nitrogen and oxygen atoms in total. The van der Waals surface area contributed by atoms with Gasteiger partial charge in [0.15, 0.2) is 0 Å². The molecule has 1 saturated heterocycles. The van der Waals surface area contributed by atoms with Crippen LogP contribution in [-0.4, -0.2) is 37.5 Å². The monoisotopic (exact) mass is 324 g/mol. The molecule has 0 aliphatic carbocycles. The van der Waals surface area contributed by atoms with Gasteiger partial charge in [0.05, 0.1) is 6.26 Å². The highest BCUT2D eigenvalue weighted by molar-refractivity contribution is 7.88. The minimum absolute atomic E-state index is 0.257. The second kappa shape index (κ2) is 5.40. The number of sulfonamides is 1. The zero-order chi connectivity index (χ0) is 15.0. The maximum atomic E-state index is 12.3. The normalized spacial score (nSPS) is 20.0. The van der Waals surface area contributed by atoms with Crippen molar-refractivity contribution in [3.8, 4) is 0 Å². The van der Waals surface area contributed by atoms with E-state index >= 15 is 0 Å². The standard InChI is InChI=1S/C14H16N2O3S2/c1-21(18,19)16-7-2-3-12(16)14(17)15-11-4-5-13-10(9-11)6-8-20-13/h4-6,8-9,12H,2-3,7H2,1H3,(H,15,17). The first-order valence-electron chi connectivity index (χ1n) is 6.70. The van der Waals surface area contributed by atoms with Crippen molar-refractivity contribution in [3.05, 3.63) is 29.6 Å². The van der Waals surface area contributed by atoms with Crippen LogP contribution >= 0.6 is 11.3 Å². The van der Waals surface area contributed by atoms with Gasteiger partial charge in [-0.05, 0) is 47.9 Å². The summed E-state index contributed by atoms with van der Waals surface area (Å²) in [5, 5.41) is 5.90. The zero-order valence-electron chi connectivity index (χ0n) is 11.6. The summed E-state index contributed by atoms with van der Waals surface area (Å²) in [6.45, 7) is 0.417. The van der Waals surface area contributed by atoms with E-state index in [0.29, 0.717) is 25.1 Å². The molecule has 0 saturated carbocycles. The number of carbonyl (C=O) groups is 1. The lowest BCUT2D eigenvalue weighted by Gasteiger charge is -2.21. The molecule has 1 aromatic carbocycles. The number of nitrogens with one attached hydrogen (secondary N) is 1. The van der Waals surface area contributed by atoms with E-state index in [1.165, 1.54) is 4.31 Å². The minimum atomic E-state index is -3.34. The molecule has 1 aliphatic rings. The van der Waals surface area contributed by atoms with Crippen molar-refractivity contribution in [2.75, 3.05) is 18.1 Å². The Bertz CT molecular complexity index is 782. The van der Waals surface area contributed by atoms with Gasteiger partial charge in [0.25, 0.3) is 0 Å². The lowest BCUT2D eigenvalue weighted by molar-refractivity contribution is -0.119. The number of benzene rings is 1. The highest BCUT2D eigenvalue weighted by Gasteiger charge is 2.36. The number of thiophene rings is 1. The second-order valence-electron chi connectivity index (χ2n) is 5.19. The second-order valence-corrected chi connectivity index (χ2v) is 8.08. The van der Waals surface area contributed by atoms with Gasteiger partial charge in [0, 0.05) is 16.9 Å². The van der Waals surface area contributed by atoms with E-state index in [9.17, 15) is 13.2 Å². The van der Waals surface area contributed by atoms with Crippen LogP contribution in [0, 0.1) is 0 Å². The van der Waals surface area contributed by atoms with Gasteiger partial charge in [-0.1, -0.05) is 0 Å². The quantitative estimate of drug-likeness (QED) is 0.942. The predicted molar refractivity (Wildman–Crippen MR) is 85.0 cm³/mol. The van der Waals surface area contributed by atoms with Crippen molar-refractivity contribution in [2.45, 2.75) is 18.9 Å². The number of carbonyl (C=O) groups excluding carboxylic acids is 1. The Labute approximate surface area is 127 Å². The molecule has 1 N–H and O–H groups in total. The average Bonchev–Trinajstić information content (AvgIpc) is 3.06. The fourth-order valence-electron chi connectivity index (χ4n) is 2.67. The van der Waals surface area contributed by atoms with Gasteiger partial charge < -0.3 is 5.32 Å². The summed E-state index contributed by atoms with van der Waals surface area (Å²) in [6, 6.07) is 7.10. The Balaban J connectivity index is 1.79. The highest BCUT2D eigenvalue weighted by Crippen LogP contribution is 2.25. The number of hydrogen-bond donors (Lipinski definition) is 1. The molecule has 1 aliphatic heterocycles. The van der Waals surface area contributed by atoms with Crippen molar-refractivity contribution in [1.82, 2.24) is 4.31 Å². The van der Waals surface area contributed by atoms with Gasteiger partial charge in [-0.15, -0.1) is 11.3 Å². The molecule has 3 rings (SSSR count). The summed E-state index contributed by atoms with van der Waals surface area (Å²) in [5.41, 5.74) is 0.700. The van der Waals surface area contributed by atoms with Crippen molar-refractivity contribution in [3.63, 3.8) is 0 Å². The van der Waals surface area contributed by atoms with Crippen molar-refractivity contribution >= 4 is 43.0 Å². The van der Waals surface area contributed by atoms with Crippen LogP contribution < -0.4 is 5.32 Å². The predicted octanol–water partition coefficient (Wildman–Crippen LogP) is 2.26. The first-order valence-corrected chi connectivity index (χ1v) is 9.43. The van der Waals surface area contributed by atoms with E-state index in [4.69, 9.17) is 0 Å². The Morgan fingerprint density at radius 1 is 1.38 bits per heavy atom. The first kappa shape index (κ1) is 14.5. The van der Waals surface area contributed by atoms with Gasteiger partial charge in [0.2, 0.25) is 15.9 Å². The molecule has 1 atom stereocenters. The topological polar surface area (TPSA) is 66.5 Å². The molecular weight excluding hydrogens is 308 g/mol. The summed E-state index contributed by atoms with van der Waals surface area (Å²) in [7, 11) is -3.34. The first-order chi connectivity index (χ1) is 9.95. The van der Waals surface area contributed by atoms with Gasteiger partial charge in [-0.25, -0.2) is 8.42 Å². The van der Waals surface area contributed by atoms with Gasteiger partial charge in [0.1, 0.15) is 6.04 Å². The van der Waals surface area contributed by atoms with E-state index < -0.39 is 16.1 Å². The third-order valence-corrected chi connectivity index (χ3v) is 5.84. The fourth-order valence-corrected chi connectivity index (χ4v) is 4.56. The van der Waals surface area contributed by atoms with Crippen LogP contribution in [0.4, 0.5) is 5.69 Å². The molecule has 1 fully saturated rings. The molecule has 7 heteroatoms. The number of hydrogen-bond acceptors (Lipinski definition) is 4. The van der Waals surface area contributed by atoms with Crippen molar-refractivity contribution in [1.29, 1.82) is 0 Å². The van der Waals surface area contributed by atoms with E-state index in [-0.39, 0.29) is 5.91 Å². The largest absolute Gasteiger partial charge is 0.325 e. The summed E-state index contributed by atoms with van der Waals surface area (Å²) >= 11 is 1.64. The Kier molecular flexibility index (Phi) is 3.73. The molecule has 1 unspecified atom stereocenters. The molecular formula is C14H16N2O3S2. The van der Waals surface area contributed by atoms with E-state index in [0.717, 1.165) is 16.3 Å². The van der Waals surface area contributed by atoms with Crippen LogP contribution in [0.25, 0.3) is 10.1 Å². The molecule has 1 amide bonds. The van der Waals surface area contributed by atoms with Gasteiger partial charge >= 0.3 is 0 Å². The summed E-state index contributed by atoms with van der Waals surface area (Å²) in [6.07, 6.45) is 2.43. The maximum absolute atomic E-state index is 12.3. The molecule has 21 heavy (non-hydrogen) atoms. The molecule has 2 aromatic rings. The van der Waals surface area contributed by atoms with E-state index in [2.05, 4.69) is 5.32 Å².